The van der Waals surface area contributed by atoms with E-state index in [0.29, 0.717) is 24.8 Å². The minimum absolute atomic E-state index is 0.0658. The molecule has 0 aromatic heterocycles. The zero-order valence-corrected chi connectivity index (χ0v) is 32.9. The van der Waals surface area contributed by atoms with Crippen LogP contribution < -0.4 is 5.32 Å². The number of carbonyl (C=O) groups is 8. The van der Waals surface area contributed by atoms with Crippen molar-refractivity contribution in [2.75, 3.05) is 6.54 Å². The number of amides is 2. The summed E-state index contributed by atoms with van der Waals surface area (Å²) >= 11 is 0. The summed E-state index contributed by atoms with van der Waals surface area (Å²) in [5.41, 5.74) is 1.24. The molecule has 13 nitrogen and oxygen atoms in total. The number of Topliss-reactive ketones (excluding diaryl/α,β-unsaturated/α-hetero) is 4. The Kier molecular flexibility index (Phi) is 17.3. The molecule has 0 radical (unpaired) electrons. The number of rotatable bonds is 23. The van der Waals surface area contributed by atoms with Crippen LogP contribution in [0.2, 0.25) is 0 Å². The molecule has 1 heterocycles. The molecule has 1 saturated carbocycles. The highest BCUT2D eigenvalue weighted by Gasteiger charge is 2.45. The van der Waals surface area contributed by atoms with E-state index in [0.717, 1.165) is 24.8 Å². The number of carbonyl (C=O) groups excluding carboxylic acids is 6. The Morgan fingerprint density at radius 1 is 0.825 bits per heavy atom. The van der Waals surface area contributed by atoms with E-state index in [1.54, 1.807) is 37.3 Å². The lowest BCUT2D eigenvalue weighted by Gasteiger charge is -2.34. The number of hydrogen-bond acceptors (Lipinski definition) is 9. The maximum Gasteiger partial charge on any atom is 0.330 e. The van der Waals surface area contributed by atoms with Crippen LogP contribution in [0.25, 0.3) is 0 Å². The van der Waals surface area contributed by atoms with Gasteiger partial charge < -0.3 is 25.2 Å². The number of benzene rings is 2. The van der Waals surface area contributed by atoms with Gasteiger partial charge in [-0.05, 0) is 42.7 Å². The molecule has 4 rings (SSSR count). The minimum Gasteiger partial charge on any atom is -0.481 e. The van der Waals surface area contributed by atoms with Crippen molar-refractivity contribution in [3.8, 4) is 0 Å². The maximum atomic E-state index is 14.6. The second kappa shape index (κ2) is 22.0. The van der Waals surface area contributed by atoms with Crippen LogP contribution in [0.1, 0.15) is 114 Å². The van der Waals surface area contributed by atoms with E-state index in [9.17, 15) is 48.6 Å². The molecular weight excluding hydrogens is 732 g/mol. The number of likely N-dealkylation sites (tertiary alicyclic amines) is 1. The van der Waals surface area contributed by atoms with Crippen LogP contribution in [0.3, 0.4) is 0 Å². The highest BCUT2D eigenvalue weighted by atomic mass is 16.5. The van der Waals surface area contributed by atoms with Crippen LogP contribution in [-0.2, 0) is 49.7 Å². The number of ketones is 4. The first-order valence-electron chi connectivity index (χ1n) is 20.2. The molecule has 1 aliphatic heterocycles. The second-order valence-electron chi connectivity index (χ2n) is 15.3. The standard InChI is InChI=1S/C44H56N2O11/c1-3-14-31(41(51)36(47)21-22-39(50)45-40(44(55)56)30-19-12-7-13-20-30)23-38(49)35-24-32(57-27-28-15-8-5-9-16-28)26-46(35)42(52)34(29-17-10-6-11-18-29)25-37(48)33(4-2)43(53)54/h5,7-9,12-13,15-16,19-20,29,31-35,40H,3-4,6,10-11,14,17-18,21-27H2,1-2H3,(H,45,50)(H,53,54)(H,55,56)/t31?,32-,33?,34?,35+,40?/m1/s1. The smallest absolute Gasteiger partial charge is 0.330 e. The van der Waals surface area contributed by atoms with Gasteiger partial charge in [0.25, 0.3) is 0 Å². The summed E-state index contributed by atoms with van der Waals surface area (Å²) in [4.78, 5) is 107. The third-order valence-corrected chi connectivity index (χ3v) is 11.3. The van der Waals surface area contributed by atoms with Crippen molar-refractivity contribution in [1.82, 2.24) is 10.2 Å². The molecule has 4 unspecified atom stereocenters. The molecule has 57 heavy (non-hydrogen) atoms. The van der Waals surface area contributed by atoms with Crippen LogP contribution >= 0.6 is 0 Å². The van der Waals surface area contributed by atoms with E-state index in [4.69, 9.17) is 4.74 Å². The fourth-order valence-corrected chi connectivity index (χ4v) is 8.16. The average molecular weight is 789 g/mol. The Morgan fingerprint density at radius 2 is 1.47 bits per heavy atom. The number of carboxylic acids is 2. The second-order valence-corrected chi connectivity index (χ2v) is 15.3. The fourth-order valence-electron chi connectivity index (χ4n) is 8.16. The lowest BCUT2D eigenvalue weighted by atomic mass is 9.75. The quantitative estimate of drug-likeness (QED) is 0.0925. The number of ether oxygens (including phenoxy) is 1. The summed E-state index contributed by atoms with van der Waals surface area (Å²) < 4.78 is 6.22. The Labute approximate surface area is 333 Å². The largest absolute Gasteiger partial charge is 0.481 e. The predicted molar refractivity (Wildman–Crippen MR) is 208 cm³/mol. The fraction of sp³-hybridized carbons (Fsp3) is 0.545. The van der Waals surface area contributed by atoms with Gasteiger partial charge >= 0.3 is 11.9 Å². The van der Waals surface area contributed by atoms with Gasteiger partial charge in [-0.25, -0.2) is 4.79 Å². The number of nitrogens with zero attached hydrogens (tertiary/aromatic N) is 1. The van der Waals surface area contributed by atoms with Gasteiger partial charge in [-0.1, -0.05) is 100 Å². The molecule has 308 valence electrons. The van der Waals surface area contributed by atoms with Crippen LogP contribution in [-0.4, -0.2) is 80.7 Å². The topological polar surface area (TPSA) is 202 Å². The summed E-state index contributed by atoms with van der Waals surface area (Å²) in [5.74, 6) is -9.50. The average Bonchev–Trinajstić information content (AvgIpc) is 3.65. The van der Waals surface area contributed by atoms with Gasteiger partial charge in [-0.15, -0.1) is 0 Å². The molecular formula is C44H56N2O11. The van der Waals surface area contributed by atoms with Crippen molar-refractivity contribution in [2.24, 2.45) is 23.7 Å². The lowest BCUT2D eigenvalue weighted by molar-refractivity contribution is -0.150. The Balaban J connectivity index is 1.51. The molecule has 13 heteroatoms. The summed E-state index contributed by atoms with van der Waals surface area (Å²) in [6, 6.07) is 15.1. The monoisotopic (exact) mass is 788 g/mol. The number of aliphatic carboxylic acids is 2. The Bertz CT molecular complexity index is 1720. The predicted octanol–water partition coefficient (Wildman–Crippen LogP) is 5.68. The van der Waals surface area contributed by atoms with E-state index in [1.165, 1.54) is 4.90 Å². The SMILES string of the molecule is CCCC(CC(=O)[C@@H]1C[C@@H](OCc2ccccc2)CN1C(=O)C(CC(=O)C(CC)C(=O)O)C1CCCCC1)C(=O)C(=O)CCC(=O)NC(C(=O)O)c1ccccc1. The highest BCUT2D eigenvalue weighted by molar-refractivity contribution is 6.38. The van der Waals surface area contributed by atoms with Gasteiger partial charge in [0.15, 0.2) is 17.6 Å². The van der Waals surface area contributed by atoms with Crippen molar-refractivity contribution in [2.45, 2.75) is 122 Å². The zero-order valence-electron chi connectivity index (χ0n) is 32.9. The van der Waals surface area contributed by atoms with Gasteiger partial charge in [0, 0.05) is 50.5 Å². The molecule has 3 N–H and O–H groups in total. The van der Waals surface area contributed by atoms with Crippen LogP contribution in [0.5, 0.6) is 0 Å². The first-order chi connectivity index (χ1) is 27.3. The first-order valence-corrected chi connectivity index (χ1v) is 20.2. The van der Waals surface area contributed by atoms with E-state index in [2.05, 4.69) is 5.32 Å². The van der Waals surface area contributed by atoms with Crippen molar-refractivity contribution in [3.05, 3.63) is 71.8 Å². The highest BCUT2D eigenvalue weighted by Crippen LogP contribution is 2.37. The van der Waals surface area contributed by atoms with Gasteiger partial charge in [0.05, 0.1) is 18.8 Å². The minimum atomic E-state index is -1.34. The van der Waals surface area contributed by atoms with Gasteiger partial charge in [-0.3, -0.25) is 33.6 Å². The van der Waals surface area contributed by atoms with E-state index in [1.807, 2.05) is 37.3 Å². The number of carboxylic acid groups (broad SMARTS) is 2. The van der Waals surface area contributed by atoms with Crippen LogP contribution in [0, 0.1) is 23.7 Å². The summed E-state index contributed by atoms with van der Waals surface area (Å²) in [5, 5.41) is 21.8. The Morgan fingerprint density at radius 3 is 2.07 bits per heavy atom. The maximum absolute atomic E-state index is 14.6. The molecule has 2 amide bonds. The molecule has 0 bridgehead atoms. The van der Waals surface area contributed by atoms with Crippen molar-refractivity contribution < 1.29 is 53.3 Å². The van der Waals surface area contributed by atoms with Gasteiger partial charge in [0.2, 0.25) is 17.6 Å². The third-order valence-electron chi connectivity index (χ3n) is 11.3. The molecule has 1 aliphatic carbocycles. The summed E-state index contributed by atoms with van der Waals surface area (Å²) in [6.07, 6.45) is 3.01. The summed E-state index contributed by atoms with van der Waals surface area (Å²) in [6.45, 7) is 3.72. The molecule has 6 atom stereocenters. The molecule has 2 aliphatic rings. The van der Waals surface area contributed by atoms with Crippen molar-refractivity contribution >= 4 is 46.9 Å². The third kappa shape index (κ3) is 12.7. The van der Waals surface area contributed by atoms with Crippen molar-refractivity contribution in [1.29, 1.82) is 0 Å². The van der Waals surface area contributed by atoms with Crippen molar-refractivity contribution in [3.63, 3.8) is 0 Å². The molecule has 0 spiro atoms. The Hall–Kier alpha value is -5.04. The summed E-state index contributed by atoms with van der Waals surface area (Å²) in [7, 11) is 0. The molecule has 2 fully saturated rings. The van der Waals surface area contributed by atoms with E-state index < -0.39 is 95.7 Å². The van der Waals surface area contributed by atoms with E-state index in [-0.39, 0.29) is 51.2 Å². The normalized spacial score (nSPS) is 19.2. The number of nitrogens with one attached hydrogen (secondary N) is 1. The van der Waals surface area contributed by atoms with Crippen LogP contribution in [0.15, 0.2) is 60.7 Å². The van der Waals surface area contributed by atoms with Crippen LogP contribution in [0.4, 0.5) is 0 Å². The molecule has 2 aromatic carbocycles. The lowest BCUT2D eigenvalue weighted by Crippen LogP contribution is -2.47. The van der Waals surface area contributed by atoms with Gasteiger partial charge in [-0.2, -0.15) is 0 Å². The molecule has 1 saturated heterocycles. The first kappa shape index (κ1) is 44.7. The molecule has 2 aromatic rings. The zero-order chi connectivity index (χ0) is 41.5. The van der Waals surface area contributed by atoms with E-state index >= 15 is 0 Å². The number of hydrogen-bond donors (Lipinski definition) is 3. The van der Waals surface area contributed by atoms with Gasteiger partial charge in [0.1, 0.15) is 11.7 Å².